The maximum atomic E-state index is 12.1. The van der Waals surface area contributed by atoms with Gasteiger partial charge in [0, 0.05) is 25.3 Å². The molecule has 3 aromatic rings. The van der Waals surface area contributed by atoms with Crippen LogP contribution in [0.25, 0.3) is 11.0 Å². The number of nitrogens with zero attached hydrogens (tertiary/aromatic N) is 6. The van der Waals surface area contributed by atoms with Crippen LogP contribution >= 0.6 is 11.8 Å². The zero-order valence-electron chi connectivity index (χ0n) is 17.3. The van der Waals surface area contributed by atoms with Crippen LogP contribution in [0.15, 0.2) is 30.1 Å². The molecule has 11 heteroatoms. The van der Waals surface area contributed by atoms with Gasteiger partial charge >= 0.3 is 0 Å². The van der Waals surface area contributed by atoms with Crippen molar-refractivity contribution < 1.29 is 4.79 Å². The molecule has 1 amide bonds. The molecule has 162 valence electrons. The molecule has 0 spiro atoms. The number of carbonyl (C=O) groups is 1. The standard InChI is InChI=1S/C20H25N9OS/c1-3-15(30)28-8-4-5-12(10-28)22-17-16-18(26-27-19(16)31-2)25-20(24-17)23-13-9-21-29(11-13)14-6-7-14/h3,9,11-12,14H,1,4-8,10H2,2H3,(H3,22,23,24,25,26,27). The van der Waals surface area contributed by atoms with Gasteiger partial charge in [-0.2, -0.15) is 20.2 Å². The number of nitrogens with one attached hydrogen (secondary N) is 3. The van der Waals surface area contributed by atoms with Crippen molar-refractivity contribution >= 4 is 46.2 Å². The molecule has 3 N–H and O–H groups in total. The topological polar surface area (TPSA) is 117 Å². The number of anilines is 3. The van der Waals surface area contributed by atoms with Crippen molar-refractivity contribution in [1.82, 2.24) is 34.8 Å². The molecule has 31 heavy (non-hydrogen) atoms. The molecule has 0 radical (unpaired) electrons. The summed E-state index contributed by atoms with van der Waals surface area (Å²) in [5.74, 6) is 1.14. The second kappa shape index (κ2) is 8.22. The van der Waals surface area contributed by atoms with Crippen LogP contribution < -0.4 is 10.6 Å². The van der Waals surface area contributed by atoms with Crippen LogP contribution in [0.2, 0.25) is 0 Å². The highest BCUT2D eigenvalue weighted by Gasteiger charge is 2.26. The third kappa shape index (κ3) is 4.09. The molecule has 2 fully saturated rings. The van der Waals surface area contributed by atoms with Crippen molar-refractivity contribution in [3.63, 3.8) is 0 Å². The molecule has 2 aliphatic rings. The number of aromatic nitrogens is 6. The van der Waals surface area contributed by atoms with E-state index in [4.69, 9.17) is 4.98 Å². The van der Waals surface area contributed by atoms with E-state index >= 15 is 0 Å². The number of thioether (sulfide) groups is 1. The normalized spacial score (nSPS) is 18.9. The summed E-state index contributed by atoms with van der Waals surface area (Å²) in [6.07, 6.45) is 11.4. The summed E-state index contributed by atoms with van der Waals surface area (Å²) >= 11 is 1.54. The molecule has 1 unspecified atom stereocenters. The second-order valence-electron chi connectivity index (χ2n) is 7.89. The lowest BCUT2D eigenvalue weighted by atomic mass is 10.1. The first-order chi connectivity index (χ1) is 15.1. The predicted octanol–water partition coefficient (Wildman–Crippen LogP) is 2.94. The van der Waals surface area contributed by atoms with Gasteiger partial charge in [-0.1, -0.05) is 6.58 Å². The van der Waals surface area contributed by atoms with Gasteiger partial charge in [0.25, 0.3) is 0 Å². The number of amides is 1. The predicted molar refractivity (Wildman–Crippen MR) is 121 cm³/mol. The van der Waals surface area contributed by atoms with E-state index < -0.39 is 0 Å². The van der Waals surface area contributed by atoms with E-state index in [1.165, 1.54) is 30.7 Å². The zero-order valence-corrected chi connectivity index (χ0v) is 18.2. The van der Waals surface area contributed by atoms with Crippen molar-refractivity contribution in [1.29, 1.82) is 0 Å². The number of hydrogen-bond acceptors (Lipinski definition) is 8. The first-order valence-electron chi connectivity index (χ1n) is 10.4. The molecule has 1 aliphatic heterocycles. The molecule has 1 aliphatic carbocycles. The minimum absolute atomic E-state index is 0.0394. The Labute approximate surface area is 183 Å². The minimum Gasteiger partial charge on any atom is -0.365 e. The lowest BCUT2D eigenvalue weighted by molar-refractivity contribution is -0.127. The van der Waals surface area contributed by atoms with Crippen LogP contribution in [0, 0.1) is 0 Å². The van der Waals surface area contributed by atoms with E-state index in [0.29, 0.717) is 30.0 Å². The van der Waals surface area contributed by atoms with Crippen molar-refractivity contribution in [2.45, 2.75) is 42.8 Å². The lowest BCUT2D eigenvalue weighted by Gasteiger charge is -2.33. The summed E-state index contributed by atoms with van der Waals surface area (Å²) in [4.78, 5) is 23.3. The molecule has 0 aromatic carbocycles. The van der Waals surface area contributed by atoms with Crippen molar-refractivity contribution in [2.75, 3.05) is 30.0 Å². The third-order valence-electron chi connectivity index (χ3n) is 5.61. The van der Waals surface area contributed by atoms with Crippen LogP contribution in [0.3, 0.4) is 0 Å². The lowest BCUT2D eigenvalue weighted by Crippen LogP contribution is -2.44. The highest BCUT2D eigenvalue weighted by atomic mass is 32.2. The summed E-state index contributed by atoms with van der Waals surface area (Å²) in [6, 6.07) is 0.603. The van der Waals surface area contributed by atoms with Crippen LogP contribution in [-0.2, 0) is 4.79 Å². The monoisotopic (exact) mass is 439 g/mol. The minimum atomic E-state index is -0.0394. The van der Waals surface area contributed by atoms with Crippen molar-refractivity contribution in [2.24, 2.45) is 0 Å². The van der Waals surface area contributed by atoms with Crippen molar-refractivity contribution in [3.8, 4) is 0 Å². The van der Waals surface area contributed by atoms with Crippen LogP contribution in [0.5, 0.6) is 0 Å². The Morgan fingerprint density at radius 3 is 3.00 bits per heavy atom. The van der Waals surface area contributed by atoms with Crippen LogP contribution in [0.4, 0.5) is 17.5 Å². The van der Waals surface area contributed by atoms with E-state index in [9.17, 15) is 4.79 Å². The van der Waals surface area contributed by atoms with Crippen molar-refractivity contribution in [3.05, 3.63) is 25.0 Å². The van der Waals surface area contributed by atoms with E-state index in [1.54, 1.807) is 6.20 Å². The van der Waals surface area contributed by atoms with Gasteiger partial charge in [-0.25, -0.2) is 0 Å². The Morgan fingerprint density at radius 2 is 2.23 bits per heavy atom. The van der Waals surface area contributed by atoms with Gasteiger partial charge in [-0.15, -0.1) is 11.8 Å². The molecule has 3 aromatic heterocycles. The van der Waals surface area contributed by atoms with Gasteiger partial charge in [0.1, 0.15) is 10.8 Å². The molecule has 0 bridgehead atoms. The molecule has 1 saturated heterocycles. The largest absolute Gasteiger partial charge is 0.365 e. The molecule has 10 nitrogen and oxygen atoms in total. The van der Waals surface area contributed by atoms with E-state index in [0.717, 1.165) is 35.5 Å². The molecule has 5 rings (SSSR count). The van der Waals surface area contributed by atoms with Gasteiger partial charge in [0.15, 0.2) is 5.65 Å². The van der Waals surface area contributed by atoms with Gasteiger partial charge in [-0.05, 0) is 38.0 Å². The first-order valence-corrected chi connectivity index (χ1v) is 11.7. The van der Waals surface area contributed by atoms with E-state index in [1.807, 2.05) is 22.0 Å². The number of rotatable bonds is 7. The fraction of sp³-hybridized carbons (Fsp3) is 0.450. The second-order valence-corrected chi connectivity index (χ2v) is 8.68. The van der Waals surface area contributed by atoms with Gasteiger partial charge in [0.2, 0.25) is 11.9 Å². The highest BCUT2D eigenvalue weighted by Crippen LogP contribution is 2.35. The number of hydrogen-bond donors (Lipinski definition) is 3. The Morgan fingerprint density at radius 1 is 1.35 bits per heavy atom. The third-order valence-corrected chi connectivity index (χ3v) is 6.29. The first kappa shape index (κ1) is 19.9. The summed E-state index contributed by atoms with van der Waals surface area (Å²) in [6.45, 7) is 4.97. The number of H-pyrrole nitrogens is 1. The average Bonchev–Trinajstić information content (AvgIpc) is 3.39. The zero-order chi connectivity index (χ0) is 21.4. The summed E-state index contributed by atoms with van der Waals surface area (Å²) in [5, 5.41) is 20.3. The Hall–Kier alpha value is -3.08. The number of piperidine rings is 1. The van der Waals surface area contributed by atoms with Gasteiger partial charge in [-0.3, -0.25) is 14.6 Å². The highest BCUT2D eigenvalue weighted by molar-refractivity contribution is 7.98. The van der Waals surface area contributed by atoms with Crippen LogP contribution in [-0.4, -0.2) is 66.1 Å². The number of likely N-dealkylation sites (tertiary alicyclic amines) is 1. The van der Waals surface area contributed by atoms with Gasteiger partial charge in [0.05, 0.1) is 23.3 Å². The summed E-state index contributed by atoms with van der Waals surface area (Å²) in [5.41, 5.74) is 1.51. The summed E-state index contributed by atoms with van der Waals surface area (Å²) in [7, 11) is 0. The molecular formula is C20H25N9OS. The maximum absolute atomic E-state index is 12.1. The van der Waals surface area contributed by atoms with E-state index in [2.05, 4.69) is 37.5 Å². The quantitative estimate of drug-likeness (QED) is 0.380. The molecular weight excluding hydrogens is 414 g/mol. The van der Waals surface area contributed by atoms with Crippen LogP contribution in [0.1, 0.15) is 31.7 Å². The molecule has 1 saturated carbocycles. The SMILES string of the molecule is C=CC(=O)N1CCCC(Nc2nc(Nc3cnn(C4CC4)c3)nc3[nH]nc(SC)c23)C1. The maximum Gasteiger partial charge on any atom is 0.246 e. The number of fused-ring (bicyclic) bond motifs is 1. The summed E-state index contributed by atoms with van der Waals surface area (Å²) < 4.78 is 1.98. The fourth-order valence-electron chi connectivity index (χ4n) is 3.90. The molecule has 4 heterocycles. The smallest absolute Gasteiger partial charge is 0.246 e. The Kier molecular flexibility index (Phi) is 5.26. The van der Waals surface area contributed by atoms with E-state index in [-0.39, 0.29) is 11.9 Å². The number of aromatic amines is 1. The Balaban J connectivity index is 1.42. The average molecular weight is 440 g/mol. The number of carbonyl (C=O) groups excluding carboxylic acids is 1. The Bertz CT molecular complexity index is 1120. The molecule has 1 atom stereocenters. The van der Waals surface area contributed by atoms with Gasteiger partial charge < -0.3 is 15.5 Å². The fourth-order valence-corrected chi connectivity index (χ4v) is 4.43.